The van der Waals surface area contributed by atoms with Gasteiger partial charge in [0, 0.05) is 18.3 Å². The molecule has 0 aromatic heterocycles. The summed E-state index contributed by atoms with van der Waals surface area (Å²) in [5.74, 6) is 0.616. The fourth-order valence-corrected chi connectivity index (χ4v) is 3.64. The first kappa shape index (κ1) is 17.3. The van der Waals surface area contributed by atoms with E-state index in [2.05, 4.69) is 29.3 Å². The van der Waals surface area contributed by atoms with Crippen LogP contribution in [0.25, 0.3) is 0 Å². The minimum absolute atomic E-state index is 0. The molecule has 122 valence electrons. The summed E-state index contributed by atoms with van der Waals surface area (Å²) in [5, 5.41) is 3.04. The summed E-state index contributed by atoms with van der Waals surface area (Å²) in [6.07, 6.45) is 4.65. The van der Waals surface area contributed by atoms with E-state index in [4.69, 9.17) is 5.73 Å². The van der Waals surface area contributed by atoms with Gasteiger partial charge in [-0.1, -0.05) is 6.07 Å². The second-order valence-electron chi connectivity index (χ2n) is 6.50. The average Bonchev–Trinajstić information content (AvgIpc) is 3.05. The average molecular weight is 324 g/mol. The van der Waals surface area contributed by atoms with Gasteiger partial charge in [0.2, 0.25) is 5.91 Å². The van der Waals surface area contributed by atoms with Gasteiger partial charge in [-0.3, -0.25) is 9.69 Å². The van der Waals surface area contributed by atoms with Crippen LogP contribution in [-0.2, 0) is 17.6 Å². The van der Waals surface area contributed by atoms with E-state index in [1.165, 1.54) is 24.0 Å². The van der Waals surface area contributed by atoms with Crippen molar-refractivity contribution in [2.24, 2.45) is 11.7 Å². The standard InChI is InChI=1S/C17H25N3O.ClH/c1-12-7-13(9-18)10-20(12)11-17(21)19-16-6-5-14-3-2-4-15(14)8-16;/h5-6,8,12-13H,2-4,7,9-11,18H2,1H3,(H,19,21);1H. The largest absolute Gasteiger partial charge is 0.330 e. The molecule has 1 aromatic carbocycles. The first-order chi connectivity index (χ1) is 10.2. The van der Waals surface area contributed by atoms with E-state index in [9.17, 15) is 4.79 Å². The van der Waals surface area contributed by atoms with E-state index in [1.807, 2.05) is 6.07 Å². The lowest BCUT2D eigenvalue weighted by Crippen LogP contribution is -2.36. The molecule has 1 saturated heterocycles. The lowest BCUT2D eigenvalue weighted by atomic mass is 10.1. The highest BCUT2D eigenvalue weighted by atomic mass is 35.5. The molecule has 4 nitrogen and oxygen atoms in total. The second kappa shape index (κ2) is 7.44. The number of halogens is 1. The molecule has 1 amide bonds. The fourth-order valence-electron chi connectivity index (χ4n) is 3.64. The highest BCUT2D eigenvalue weighted by molar-refractivity contribution is 5.92. The number of fused-ring (bicyclic) bond motifs is 1. The van der Waals surface area contributed by atoms with Crippen LogP contribution < -0.4 is 11.1 Å². The number of benzene rings is 1. The summed E-state index contributed by atoms with van der Waals surface area (Å²) in [4.78, 5) is 14.5. The van der Waals surface area contributed by atoms with E-state index in [-0.39, 0.29) is 18.3 Å². The molecule has 2 aliphatic rings. The van der Waals surface area contributed by atoms with Gasteiger partial charge in [-0.15, -0.1) is 12.4 Å². The van der Waals surface area contributed by atoms with Crippen molar-refractivity contribution in [1.29, 1.82) is 0 Å². The molecule has 0 saturated carbocycles. The summed E-state index contributed by atoms with van der Waals surface area (Å²) in [6.45, 7) is 4.30. The quantitative estimate of drug-likeness (QED) is 0.893. The Hall–Kier alpha value is -1.10. The van der Waals surface area contributed by atoms with Crippen molar-refractivity contribution >= 4 is 24.0 Å². The lowest BCUT2D eigenvalue weighted by molar-refractivity contribution is -0.117. The normalized spacial score (nSPS) is 23.9. The first-order valence-corrected chi connectivity index (χ1v) is 8.01. The SMILES string of the molecule is CC1CC(CN)CN1CC(=O)Nc1ccc2c(c1)CCC2.Cl. The summed E-state index contributed by atoms with van der Waals surface area (Å²) >= 11 is 0. The molecule has 1 heterocycles. The molecular weight excluding hydrogens is 298 g/mol. The second-order valence-corrected chi connectivity index (χ2v) is 6.50. The third-order valence-corrected chi connectivity index (χ3v) is 4.85. The zero-order valence-electron chi connectivity index (χ0n) is 13.2. The minimum Gasteiger partial charge on any atom is -0.330 e. The highest BCUT2D eigenvalue weighted by Crippen LogP contribution is 2.25. The van der Waals surface area contributed by atoms with Crippen LogP contribution in [-0.4, -0.2) is 36.5 Å². The molecule has 2 unspecified atom stereocenters. The van der Waals surface area contributed by atoms with Crippen molar-refractivity contribution in [3.63, 3.8) is 0 Å². The molecule has 3 N–H and O–H groups in total. The Balaban J connectivity index is 0.00000176. The van der Waals surface area contributed by atoms with Crippen LogP contribution in [0, 0.1) is 5.92 Å². The van der Waals surface area contributed by atoms with E-state index in [0.717, 1.165) is 25.1 Å². The van der Waals surface area contributed by atoms with Gasteiger partial charge >= 0.3 is 0 Å². The molecule has 3 rings (SSSR count). The van der Waals surface area contributed by atoms with Gasteiger partial charge < -0.3 is 11.1 Å². The summed E-state index contributed by atoms with van der Waals surface area (Å²) in [6, 6.07) is 6.76. The van der Waals surface area contributed by atoms with Gasteiger partial charge in [-0.25, -0.2) is 0 Å². The van der Waals surface area contributed by atoms with Crippen LogP contribution in [0.4, 0.5) is 5.69 Å². The molecule has 1 aliphatic heterocycles. The number of amides is 1. The maximum Gasteiger partial charge on any atom is 0.238 e. The molecule has 22 heavy (non-hydrogen) atoms. The number of hydrogen-bond acceptors (Lipinski definition) is 3. The molecule has 1 fully saturated rings. The number of nitrogens with zero attached hydrogens (tertiary/aromatic N) is 1. The fraction of sp³-hybridized carbons (Fsp3) is 0.588. The van der Waals surface area contributed by atoms with Crippen molar-refractivity contribution < 1.29 is 4.79 Å². The smallest absolute Gasteiger partial charge is 0.238 e. The third kappa shape index (κ3) is 3.80. The van der Waals surface area contributed by atoms with Gasteiger partial charge in [-0.05, 0) is 68.3 Å². The monoisotopic (exact) mass is 323 g/mol. The number of rotatable bonds is 4. The van der Waals surface area contributed by atoms with E-state index in [1.54, 1.807) is 0 Å². The highest BCUT2D eigenvalue weighted by Gasteiger charge is 2.29. The van der Waals surface area contributed by atoms with E-state index in [0.29, 0.717) is 25.0 Å². The Bertz CT molecular complexity index is 535. The van der Waals surface area contributed by atoms with Crippen LogP contribution >= 0.6 is 12.4 Å². The van der Waals surface area contributed by atoms with Crippen molar-refractivity contribution in [3.05, 3.63) is 29.3 Å². The van der Waals surface area contributed by atoms with Crippen LogP contribution in [0.2, 0.25) is 0 Å². The van der Waals surface area contributed by atoms with Gasteiger partial charge in [-0.2, -0.15) is 0 Å². The number of hydrogen-bond donors (Lipinski definition) is 2. The van der Waals surface area contributed by atoms with Gasteiger partial charge in [0.1, 0.15) is 0 Å². The van der Waals surface area contributed by atoms with Crippen molar-refractivity contribution in [2.45, 2.75) is 38.6 Å². The molecule has 0 bridgehead atoms. The lowest BCUT2D eigenvalue weighted by Gasteiger charge is -2.20. The summed E-state index contributed by atoms with van der Waals surface area (Å²) in [7, 11) is 0. The Kier molecular flexibility index (Phi) is 5.84. The van der Waals surface area contributed by atoms with Gasteiger partial charge in [0.25, 0.3) is 0 Å². The molecular formula is C17H26ClN3O. The number of aryl methyl sites for hydroxylation is 2. The van der Waals surface area contributed by atoms with E-state index >= 15 is 0 Å². The van der Waals surface area contributed by atoms with E-state index < -0.39 is 0 Å². The van der Waals surface area contributed by atoms with Crippen molar-refractivity contribution in [3.8, 4) is 0 Å². The molecule has 0 radical (unpaired) electrons. The number of nitrogens with two attached hydrogens (primary N) is 1. The Morgan fingerprint density at radius 3 is 2.86 bits per heavy atom. The summed E-state index contributed by atoms with van der Waals surface area (Å²) < 4.78 is 0. The van der Waals surface area contributed by atoms with Crippen molar-refractivity contribution in [1.82, 2.24) is 4.90 Å². The third-order valence-electron chi connectivity index (χ3n) is 4.85. The zero-order valence-corrected chi connectivity index (χ0v) is 14.0. The van der Waals surface area contributed by atoms with Crippen LogP contribution in [0.15, 0.2) is 18.2 Å². The Morgan fingerprint density at radius 1 is 1.36 bits per heavy atom. The minimum atomic E-state index is 0. The zero-order chi connectivity index (χ0) is 14.8. The number of carbonyl (C=O) groups is 1. The molecule has 1 aliphatic carbocycles. The van der Waals surface area contributed by atoms with Crippen LogP contribution in [0.5, 0.6) is 0 Å². The number of nitrogens with one attached hydrogen (secondary N) is 1. The summed E-state index contributed by atoms with van der Waals surface area (Å²) in [5.41, 5.74) is 9.50. The molecule has 0 spiro atoms. The van der Waals surface area contributed by atoms with Gasteiger partial charge in [0.05, 0.1) is 6.54 Å². The topological polar surface area (TPSA) is 58.4 Å². The Morgan fingerprint density at radius 2 is 2.14 bits per heavy atom. The first-order valence-electron chi connectivity index (χ1n) is 8.01. The van der Waals surface area contributed by atoms with Crippen molar-refractivity contribution in [2.75, 3.05) is 25.0 Å². The predicted molar refractivity (Wildman–Crippen MR) is 92.5 cm³/mol. The van der Waals surface area contributed by atoms with Gasteiger partial charge in [0.15, 0.2) is 0 Å². The molecule has 2 atom stereocenters. The maximum atomic E-state index is 12.2. The van der Waals surface area contributed by atoms with Crippen LogP contribution in [0.3, 0.4) is 0 Å². The Labute approximate surface area is 138 Å². The molecule has 1 aromatic rings. The van der Waals surface area contributed by atoms with Crippen LogP contribution in [0.1, 0.15) is 30.9 Å². The predicted octanol–water partition coefficient (Wildman–Crippen LogP) is 2.20. The number of carbonyl (C=O) groups excluding carboxylic acids is 1. The maximum absolute atomic E-state index is 12.2. The number of likely N-dealkylation sites (tertiary alicyclic amines) is 1. The number of anilines is 1. The molecule has 5 heteroatoms.